The maximum atomic E-state index is 13.1. The summed E-state index contributed by atoms with van der Waals surface area (Å²) >= 11 is 18.0. The fourth-order valence-corrected chi connectivity index (χ4v) is 5.22. The summed E-state index contributed by atoms with van der Waals surface area (Å²) in [5.41, 5.74) is 0.879. The Bertz CT molecular complexity index is 893. The van der Waals surface area contributed by atoms with Gasteiger partial charge in [0.2, 0.25) is 0 Å². The molecule has 0 radical (unpaired) electrons. The minimum Gasteiger partial charge on any atom is -0.304 e. The number of benzene rings is 2. The molecule has 0 spiro atoms. The molecule has 25 heavy (non-hydrogen) atoms. The van der Waals surface area contributed by atoms with E-state index in [2.05, 4.69) is 0 Å². The Labute approximate surface area is 161 Å². The topological polar surface area (TPSA) is 54.5 Å². The SMILES string of the molecule is O=C(c1ccc(Cl)cc1)N(c1cc(Cl)cc(Cl)c1)C1CCS(=O)(=O)C1. The van der Waals surface area contributed by atoms with Gasteiger partial charge in [-0.05, 0) is 48.9 Å². The van der Waals surface area contributed by atoms with Gasteiger partial charge >= 0.3 is 0 Å². The van der Waals surface area contributed by atoms with Crippen LogP contribution in [0.3, 0.4) is 0 Å². The average molecular weight is 419 g/mol. The number of hydrogen-bond donors (Lipinski definition) is 0. The van der Waals surface area contributed by atoms with Crippen LogP contribution >= 0.6 is 34.8 Å². The summed E-state index contributed by atoms with van der Waals surface area (Å²) in [5, 5.41) is 1.26. The fraction of sp³-hybridized carbons (Fsp3) is 0.235. The lowest BCUT2D eigenvalue weighted by molar-refractivity contribution is 0.0979. The summed E-state index contributed by atoms with van der Waals surface area (Å²) in [6, 6.07) is 10.7. The monoisotopic (exact) mass is 417 g/mol. The first-order chi connectivity index (χ1) is 11.7. The molecule has 1 atom stereocenters. The minimum absolute atomic E-state index is 0.0519. The van der Waals surface area contributed by atoms with Crippen molar-refractivity contribution < 1.29 is 13.2 Å². The molecule has 1 unspecified atom stereocenters. The first-order valence-corrected chi connectivity index (χ1v) is 10.5. The largest absolute Gasteiger partial charge is 0.304 e. The highest BCUT2D eigenvalue weighted by Crippen LogP contribution is 2.31. The van der Waals surface area contributed by atoms with Crippen molar-refractivity contribution in [2.45, 2.75) is 12.5 Å². The van der Waals surface area contributed by atoms with Crippen molar-refractivity contribution in [1.82, 2.24) is 0 Å². The van der Waals surface area contributed by atoms with Crippen molar-refractivity contribution in [3.8, 4) is 0 Å². The zero-order valence-corrected chi connectivity index (χ0v) is 16.0. The molecule has 8 heteroatoms. The lowest BCUT2D eigenvalue weighted by atomic mass is 10.1. The van der Waals surface area contributed by atoms with Crippen LogP contribution < -0.4 is 4.90 Å². The smallest absolute Gasteiger partial charge is 0.258 e. The molecule has 1 saturated heterocycles. The van der Waals surface area contributed by atoms with Gasteiger partial charge in [-0.25, -0.2) is 8.42 Å². The van der Waals surface area contributed by atoms with Crippen LogP contribution in [0.5, 0.6) is 0 Å². The Morgan fingerprint density at radius 3 is 2.08 bits per heavy atom. The van der Waals surface area contributed by atoms with Crippen LogP contribution in [0, 0.1) is 0 Å². The van der Waals surface area contributed by atoms with Crippen LogP contribution in [-0.4, -0.2) is 31.9 Å². The molecule has 2 aromatic carbocycles. The molecule has 0 aliphatic carbocycles. The third-order valence-electron chi connectivity index (χ3n) is 4.01. The van der Waals surface area contributed by atoms with Crippen molar-refractivity contribution in [2.75, 3.05) is 16.4 Å². The summed E-state index contributed by atoms with van der Waals surface area (Å²) in [6.07, 6.45) is 0.367. The van der Waals surface area contributed by atoms with Gasteiger partial charge in [0.25, 0.3) is 5.91 Å². The number of carbonyl (C=O) groups is 1. The lowest BCUT2D eigenvalue weighted by Gasteiger charge is -2.29. The highest BCUT2D eigenvalue weighted by molar-refractivity contribution is 7.91. The van der Waals surface area contributed by atoms with Crippen molar-refractivity contribution in [3.05, 3.63) is 63.1 Å². The van der Waals surface area contributed by atoms with E-state index in [4.69, 9.17) is 34.8 Å². The van der Waals surface area contributed by atoms with E-state index in [1.165, 1.54) is 4.90 Å². The predicted molar refractivity (Wildman–Crippen MR) is 102 cm³/mol. The number of rotatable bonds is 3. The van der Waals surface area contributed by atoms with Gasteiger partial charge in [0.05, 0.1) is 17.5 Å². The minimum atomic E-state index is -3.17. The van der Waals surface area contributed by atoms with Crippen molar-refractivity contribution >= 4 is 56.2 Å². The quantitative estimate of drug-likeness (QED) is 0.738. The maximum absolute atomic E-state index is 13.1. The molecule has 1 aliphatic heterocycles. The highest BCUT2D eigenvalue weighted by atomic mass is 35.5. The normalized spacial score (nSPS) is 18.9. The zero-order valence-electron chi connectivity index (χ0n) is 13.0. The molecule has 0 bridgehead atoms. The first-order valence-electron chi connectivity index (χ1n) is 7.51. The molecular formula is C17H14Cl3NO3S. The third-order valence-corrected chi connectivity index (χ3v) is 6.45. The molecule has 1 fully saturated rings. The summed E-state index contributed by atoms with van der Waals surface area (Å²) in [4.78, 5) is 14.5. The van der Waals surface area contributed by atoms with E-state index in [1.807, 2.05) is 0 Å². The summed E-state index contributed by atoms with van der Waals surface area (Å²) < 4.78 is 23.8. The summed E-state index contributed by atoms with van der Waals surface area (Å²) in [6.45, 7) is 0. The van der Waals surface area contributed by atoms with Crippen LogP contribution in [0.4, 0.5) is 5.69 Å². The molecule has 132 valence electrons. The standard InChI is InChI=1S/C17H14Cl3NO3S/c18-12-3-1-11(2-4-12)17(22)21(15-5-6-25(23,24)10-15)16-8-13(19)7-14(20)9-16/h1-4,7-9,15H,5-6,10H2. The van der Waals surface area contributed by atoms with Crippen LogP contribution in [0.2, 0.25) is 15.1 Å². The number of hydrogen-bond acceptors (Lipinski definition) is 3. The van der Waals surface area contributed by atoms with Gasteiger partial charge in [-0.3, -0.25) is 4.79 Å². The number of sulfone groups is 1. The van der Waals surface area contributed by atoms with Gasteiger partial charge in [0.1, 0.15) is 0 Å². The van der Waals surface area contributed by atoms with Gasteiger partial charge < -0.3 is 4.90 Å². The molecule has 1 heterocycles. The number of nitrogens with zero attached hydrogens (tertiary/aromatic N) is 1. The Kier molecular flexibility index (Phi) is 5.30. The van der Waals surface area contributed by atoms with Gasteiger partial charge in [-0.15, -0.1) is 0 Å². The number of carbonyl (C=O) groups excluding carboxylic acids is 1. The molecule has 3 rings (SSSR count). The van der Waals surface area contributed by atoms with E-state index in [0.717, 1.165) is 0 Å². The maximum Gasteiger partial charge on any atom is 0.258 e. The van der Waals surface area contributed by atoms with Crippen LogP contribution in [0.1, 0.15) is 16.8 Å². The molecule has 0 aromatic heterocycles. The van der Waals surface area contributed by atoms with Gasteiger partial charge in [0.15, 0.2) is 9.84 Å². The number of halogens is 3. The molecule has 1 aliphatic rings. The van der Waals surface area contributed by atoms with E-state index >= 15 is 0 Å². The third kappa shape index (κ3) is 4.29. The Balaban J connectivity index is 2.05. The Morgan fingerprint density at radius 1 is 0.960 bits per heavy atom. The molecule has 1 amide bonds. The second kappa shape index (κ2) is 7.16. The molecule has 4 nitrogen and oxygen atoms in total. The summed E-state index contributed by atoms with van der Waals surface area (Å²) in [7, 11) is -3.17. The average Bonchev–Trinajstić information content (AvgIpc) is 2.87. The van der Waals surface area contributed by atoms with Crippen LogP contribution in [-0.2, 0) is 9.84 Å². The van der Waals surface area contributed by atoms with Gasteiger partial charge in [-0.2, -0.15) is 0 Å². The van der Waals surface area contributed by atoms with E-state index in [-0.39, 0.29) is 17.4 Å². The number of amides is 1. The first kappa shape index (κ1) is 18.5. The van der Waals surface area contributed by atoms with E-state index in [1.54, 1.807) is 42.5 Å². The van der Waals surface area contributed by atoms with E-state index in [0.29, 0.717) is 32.7 Å². The Morgan fingerprint density at radius 2 is 1.56 bits per heavy atom. The second-order valence-electron chi connectivity index (χ2n) is 5.87. The molecule has 2 aromatic rings. The molecule has 0 N–H and O–H groups in total. The van der Waals surface area contributed by atoms with E-state index in [9.17, 15) is 13.2 Å². The van der Waals surface area contributed by atoms with Gasteiger partial charge in [0, 0.05) is 26.3 Å². The van der Waals surface area contributed by atoms with Crippen LogP contribution in [0.25, 0.3) is 0 Å². The lowest BCUT2D eigenvalue weighted by Crippen LogP contribution is -2.41. The fourth-order valence-electron chi connectivity index (χ4n) is 2.88. The molecule has 0 saturated carbocycles. The van der Waals surface area contributed by atoms with Crippen LogP contribution in [0.15, 0.2) is 42.5 Å². The predicted octanol–water partition coefficient (Wildman–Crippen LogP) is 4.48. The van der Waals surface area contributed by atoms with Crippen molar-refractivity contribution in [1.29, 1.82) is 0 Å². The molecular weight excluding hydrogens is 405 g/mol. The zero-order chi connectivity index (χ0) is 18.2. The van der Waals surface area contributed by atoms with Crippen molar-refractivity contribution in [3.63, 3.8) is 0 Å². The van der Waals surface area contributed by atoms with Gasteiger partial charge in [-0.1, -0.05) is 34.8 Å². The highest BCUT2D eigenvalue weighted by Gasteiger charge is 2.36. The number of anilines is 1. The second-order valence-corrected chi connectivity index (χ2v) is 9.40. The summed E-state index contributed by atoms with van der Waals surface area (Å²) in [5.74, 6) is -0.357. The van der Waals surface area contributed by atoms with Crippen molar-refractivity contribution in [2.24, 2.45) is 0 Å². The Hall–Kier alpha value is -1.27. The van der Waals surface area contributed by atoms with E-state index < -0.39 is 15.9 Å².